The van der Waals surface area contributed by atoms with Crippen LogP contribution in [0.4, 0.5) is 28.4 Å². The van der Waals surface area contributed by atoms with Crippen molar-refractivity contribution >= 4 is 117 Å². The molecule has 6 aromatic carbocycles. The van der Waals surface area contributed by atoms with Crippen LogP contribution in [0.15, 0.2) is 197 Å². The number of carbonyl (C=O) groups is 2. The Kier molecular flexibility index (Phi) is 23.1. The van der Waals surface area contributed by atoms with E-state index in [9.17, 15) is 46.7 Å². The maximum Gasteiger partial charge on any atom is 0.293 e. The Bertz CT molecular complexity index is 5690. The highest BCUT2D eigenvalue weighted by Crippen LogP contribution is 2.57. The Morgan fingerprint density at radius 1 is 0.552 bits per heavy atom. The first-order valence-corrected chi connectivity index (χ1v) is 43.1. The molecule has 30 heteroatoms. The van der Waals surface area contributed by atoms with Crippen molar-refractivity contribution in [1.82, 2.24) is 39.2 Å². The van der Waals surface area contributed by atoms with Crippen molar-refractivity contribution in [2.75, 3.05) is 100 Å². The summed E-state index contributed by atoms with van der Waals surface area (Å²) in [5.74, 6) is -0.613. The highest BCUT2D eigenvalue weighted by molar-refractivity contribution is 7.90. The largest absolute Gasteiger partial charge is 0.455 e. The van der Waals surface area contributed by atoms with Crippen LogP contribution in [0.2, 0.25) is 10.0 Å². The molecule has 116 heavy (non-hydrogen) atoms. The number of nitrogens with one attached hydrogen (secondary N) is 5. The molecule has 3 aliphatic heterocycles. The number of hydrogen-bond acceptors (Lipinski definition) is 20. The molecule has 0 bridgehead atoms. The third-order valence-corrected chi connectivity index (χ3v) is 27.4. The predicted octanol–water partition coefficient (Wildman–Crippen LogP) is 16.8. The second-order valence-electron chi connectivity index (χ2n) is 31.5. The van der Waals surface area contributed by atoms with Crippen molar-refractivity contribution in [3.05, 3.63) is 240 Å². The Morgan fingerprint density at radius 2 is 1.03 bits per heavy atom. The van der Waals surface area contributed by atoms with Crippen molar-refractivity contribution < 1.29 is 50.5 Å². The molecule has 7 heterocycles. The summed E-state index contributed by atoms with van der Waals surface area (Å²) in [5, 5.41) is 29.6. The number of hydrogen-bond donors (Lipinski definition) is 5. The molecule has 2 saturated carbocycles. The zero-order valence-corrected chi connectivity index (χ0v) is 67.0. The van der Waals surface area contributed by atoms with Gasteiger partial charge < -0.3 is 39.3 Å². The van der Waals surface area contributed by atoms with E-state index in [1.807, 2.05) is 36.4 Å². The number of fused-ring (bicyclic) bond motifs is 2. The second kappa shape index (κ2) is 33.8. The number of non-ortho nitro benzene ring substituents is 1. The summed E-state index contributed by atoms with van der Waals surface area (Å²) >= 11 is 12.5. The number of carbonyl (C=O) groups excluding carboxylic acids is 2. The highest BCUT2D eigenvalue weighted by atomic mass is 35.5. The van der Waals surface area contributed by atoms with Crippen molar-refractivity contribution in [3.63, 3.8) is 0 Å². The van der Waals surface area contributed by atoms with Crippen LogP contribution in [0.1, 0.15) is 122 Å². The third-order valence-electron chi connectivity index (χ3n) is 24.2. The molecule has 17 rings (SSSR count). The van der Waals surface area contributed by atoms with Gasteiger partial charge in [0.05, 0.1) is 43.2 Å². The summed E-state index contributed by atoms with van der Waals surface area (Å²) in [6, 6.07) is 42.1. The first-order valence-electron chi connectivity index (χ1n) is 39.4. The number of piperazine rings is 2. The lowest BCUT2D eigenvalue weighted by molar-refractivity contribution is -0.385. The number of anilines is 3. The summed E-state index contributed by atoms with van der Waals surface area (Å²) in [6.07, 6.45) is 23.1. The van der Waals surface area contributed by atoms with E-state index in [0.717, 1.165) is 148 Å². The summed E-state index contributed by atoms with van der Waals surface area (Å²) in [4.78, 5) is 73.1. The van der Waals surface area contributed by atoms with E-state index in [0.29, 0.717) is 53.4 Å². The predicted molar refractivity (Wildman–Crippen MR) is 447 cm³/mol. The maximum absolute atomic E-state index is 13.9. The SMILES string of the molecule is O=C(NS(=O)(=O)c1ccc(NCC2CCOCC2)c([N+](=O)[O-])c1)c1ccc(N2CCN(CC3=C(c4ccc(Cl)cc4)CC4(CCC4)CC3)CC2)cc1Oc1cnc2[nH]ccc2c1.O=C(NS(=O)(=O)c1cccc([N+](=O)[O-])c1)c1ccc(N2CCN(CC3=C(c4ccc(Cl)cc4)CC4(CCC4)CC3)CC2)cc1Oc1cnc2[nH]ccc2c1. The summed E-state index contributed by atoms with van der Waals surface area (Å²) in [6.45, 7) is 9.91. The normalized spacial score (nSPS) is 17.9. The number of ether oxygens (including phenoxy) is 3. The average molecular weight is 1650 g/mol. The van der Waals surface area contributed by atoms with Gasteiger partial charge in [-0.1, -0.05) is 77.5 Å². The van der Waals surface area contributed by atoms with Gasteiger partial charge in [0.2, 0.25) is 0 Å². The van der Waals surface area contributed by atoms with Crippen LogP contribution in [0.5, 0.6) is 23.0 Å². The molecule has 5 N–H and O–H groups in total. The van der Waals surface area contributed by atoms with Crippen molar-refractivity contribution in [2.24, 2.45) is 16.7 Å². The van der Waals surface area contributed by atoms with Gasteiger partial charge in [-0.3, -0.25) is 39.6 Å². The van der Waals surface area contributed by atoms with E-state index < -0.39 is 62.9 Å². The zero-order chi connectivity index (χ0) is 80.3. The number of aromatic nitrogens is 4. The summed E-state index contributed by atoms with van der Waals surface area (Å²) in [5.41, 5.74) is 11.7. The fraction of sp³-hybridized carbons (Fsp3) is 0.349. The smallest absolute Gasteiger partial charge is 0.293 e. The third kappa shape index (κ3) is 18.0. The minimum atomic E-state index is -4.55. The number of rotatable bonds is 23. The summed E-state index contributed by atoms with van der Waals surface area (Å²) in [7, 11) is -9.00. The molecular formula is C86H89Cl2N13O13S2. The van der Waals surface area contributed by atoms with Crippen LogP contribution in [0.3, 0.4) is 0 Å². The van der Waals surface area contributed by atoms with Crippen LogP contribution in [0, 0.1) is 37.0 Å². The fourth-order valence-corrected chi connectivity index (χ4v) is 19.5. The number of nitrogens with zero attached hydrogens (tertiary/aromatic N) is 8. The number of pyridine rings is 2. The molecule has 26 nitrogen and oxygen atoms in total. The van der Waals surface area contributed by atoms with Crippen LogP contribution in [-0.2, 0) is 24.8 Å². The topological polar surface area (TPSA) is 323 Å². The lowest BCUT2D eigenvalue weighted by Crippen LogP contribution is -2.47. The van der Waals surface area contributed by atoms with E-state index in [2.05, 4.69) is 78.6 Å². The maximum atomic E-state index is 13.9. The van der Waals surface area contributed by atoms with E-state index in [4.69, 9.17) is 37.4 Å². The Hall–Kier alpha value is -10.7. The van der Waals surface area contributed by atoms with Gasteiger partial charge in [0.25, 0.3) is 43.2 Å². The average Bonchev–Trinajstić information content (AvgIpc) is 0.910. The number of halogens is 2. The van der Waals surface area contributed by atoms with Gasteiger partial charge >= 0.3 is 0 Å². The molecule has 0 unspecified atom stereocenters. The van der Waals surface area contributed by atoms with Crippen molar-refractivity contribution in [1.29, 1.82) is 0 Å². The molecule has 4 aliphatic carbocycles. The quantitative estimate of drug-likeness (QED) is 0.0293. The van der Waals surface area contributed by atoms with Crippen molar-refractivity contribution in [2.45, 2.75) is 99.7 Å². The molecule has 3 saturated heterocycles. The lowest BCUT2D eigenvalue weighted by Gasteiger charge is -2.47. The minimum absolute atomic E-state index is 0.0243. The fourth-order valence-electron chi connectivity index (χ4n) is 17.2. The van der Waals surface area contributed by atoms with E-state index >= 15 is 0 Å². The second-order valence-corrected chi connectivity index (χ2v) is 35.7. The number of sulfonamides is 2. The molecule has 0 atom stereocenters. The molecule has 2 spiro atoms. The number of nitro groups is 2. The van der Waals surface area contributed by atoms with E-state index in [-0.39, 0.29) is 34.2 Å². The first-order chi connectivity index (χ1) is 56.0. The Labute approximate surface area is 682 Å². The van der Waals surface area contributed by atoms with Gasteiger partial charge in [-0.05, 0) is 207 Å². The van der Waals surface area contributed by atoms with Gasteiger partial charge in [0.15, 0.2) is 0 Å². The Morgan fingerprint density at radius 3 is 1.47 bits per heavy atom. The van der Waals surface area contributed by atoms with Gasteiger partial charge in [-0.25, -0.2) is 36.2 Å². The van der Waals surface area contributed by atoms with Crippen LogP contribution in [0.25, 0.3) is 33.2 Å². The highest BCUT2D eigenvalue weighted by Gasteiger charge is 2.43. The number of aromatic amines is 2. The number of amides is 2. The lowest BCUT2D eigenvalue weighted by atomic mass is 9.59. The van der Waals surface area contributed by atoms with Crippen LogP contribution < -0.4 is 34.0 Å². The van der Waals surface area contributed by atoms with E-state index in [1.165, 1.54) is 128 Å². The van der Waals surface area contributed by atoms with Gasteiger partial charge in [0.1, 0.15) is 40.0 Å². The van der Waals surface area contributed by atoms with Crippen LogP contribution in [-0.4, -0.2) is 153 Å². The summed E-state index contributed by atoms with van der Waals surface area (Å²) < 4.78 is 75.9. The number of nitro benzene ring substituents is 2. The first kappa shape index (κ1) is 79.1. The molecule has 7 aliphatic rings. The molecule has 4 aromatic heterocycles. The Balaban J connectivity index is 0.000000176. The van der Waals surface area contributed by atoms with Crippen molar-refractivity contribution in [3.8, 4) is 23.0 Å². The number of benzene rings is 6. The molecular weight excluding hydrogens is 1560 g/mol. The van der Waals surface area contributed by atoms with Crippen LogP contribution >= 0.6 is 23.2 Å². The van der Waals surface area contributed by atoms with E-state index in [1.54, 1.807) is 60.9 Å². The van der Waals surface area contributed by atoms with Gasteiger partial charge in [-0.2, -0.15) is 0 Å². The number of H-pyrrole nitrogens is 2. The van der Waals surface area contributed by atoms with Gasteiger partial charge in [0, 0.05) is 160 Å². The van der Waals surface area contributed by atoms with Gasteiger partial charge in [-0.15, -0.1) is 0 Å². The monoisotopic (exact) mass is 1650 g/mol. The molecule has 602 valence electrons. The minimum Gasteiger partial charge on any atom is -0.455 e. The molecule has 0 radical (unpaired) electrons. The zero-order valence-electron chi connectivity index (χ0n) is 63.9. The molecule has 10 aromatic rings. The standard InChI is InChI=1S/C46H50ClN7O7S.C40H39ClN6O6S/c47-35-4-2-32(3-5-35)40-27-46(14-1-15-46)16-10-34(40)30-52-18-20-53(21-19-52)36-6-8-39(43(25-36)61-37-24-33-11-17-48-44(33)50-29-37)45(55)51-62(58,59)38-7-9-41(42(26-38)54(56)57)49-28-31-12-22-60-23-13-31;41-30-7-5-27(6-8-30)36-24-40(13-2-14-40)15-11-29(36)26-45-17-19-46(20-18-45)31-9-10-35(37(23-31)53-33-21-28-12-16-42-38(28)43-25-33)39(48)44-54(51,52)34-4-1-3-32(22-34)47(49)50/h2-9,11,17,24-26,29,31,49H,1,10,12-16,18-23,27-28,30H2,(H,48,50)(H,51,55);1,3-10,12,16,21-23,25H,2,11,13-15,17-20,24,26H2,(H,42,43)(H,44,48). The molecule has 5 fully saturated rings. The number of allylic oxidation sites excluding steroid dienone is 2. The molecule has 2 amide bonds.